The Labute approximate surface area is 140 Å². The van der Waals surface area contributed by atoms with E-state index in [1.54, 1.807) is 6.07 Å². The number of fused-ring (bicyclic) bond motifs is 1. The Morgan fingerprint density at radius 1 is 1.36 bits per heavy atom. The molecule has 0 radical (unpaired) electrons. The van der Waals surface area contributed by atoms with Crippen LogP contribution in [-0.2, 0) is 4.79 Å². The lowest BCUT2D eigenvalue weighted by atomic mass is 10.2. The molecule has 2 aromatic rings. The number of rotatable bonds is 2. The lowest BCUT2D eigenvalue weighted by Crippen LogP contribution is -2.35. The number of para-hydroxylation sites is 1. The van der Waals surface area contributed by atoms with Gasteiger partial charge in [0.15, 0.2) is 0 Å². The van der Waals surface area contributed by atoms with Gasteiger partial charge in [0.2, 0.25) is 5.91 Å². The molecule has 1 aliphatic rings. The second kappa shape index (κ2) is 6.44. The van der Waals surface area contributed by atoms with E-state index >= 15 is 0 Å². The Morgan fingerprint density at radius 2 is 2.14 bits per heavy atom. The summed E-state index contributed by atoms with van der Waals surface area (Å²) < 4.78 is 27.0. The number of nitrogens with one attached hydrogen (secondary N) is 2. The van der Waals surface area contributed by atoms with Gasteiger partial charge in [-0.25, -0.2) is 13.8 Å². The van der Waals surface area contributed by atoms with Crippen molar-refractivity contribution in [3.05, 3.63) is 34.8 Å². The molecule has 1 saturated heterocycles. The quantitative estimate of drug-likeness (QED) is 0.824. The van der Waals surface area contributed by atoms with Gasteiger partial charge in [0.25, 0.3) is 5.92 Å². The molecule has 1 unspecified atom stereocenters. The molecule has 0 bridgehead atoms. The second-order valence-electron chi connectivity index (χ2n) is 4.99. The van der Waals surface area contributed by atoms with Crippen molar-refractivity contribution in [2.45, 2.75) is 18.4 Å². The molecule has 3 rings (SSSR count). The predicted octanol–water partition coefficient (Wildman–Crippen LogP) is 3.35. The van der Waals surface area contributed by atoms with Gasteiger partial charge in [-0.1, -0.05) is 12.1 Å². The van der Waals surface area contributed by atoms with Crippen LogP contribution in [0.15, 0.2) is 34.8 Å². The maximum absolute atomic E-state index is 13.1. The summed E-state index contributed by atoms with van der Waals surface area (Å²) in [7, 11) is 0. The van der Waals surface area contributed by atoms with Crippen LogP contribution in [0, 0.1) is 0 Å². The zero-order valence-electron chi connectivity index (χ0n) is 11.3. The van der Waals surface area contributed by atoms with E-state index in [-0.39, 0.29) is 12.4 Å². The average molecular weight is 393 g/mol. The van der Waals surface area contributed by atoms with Crippen molar-refractivity contribution < 1.29 is 13.6 Å². The van der Waals surface area contributed by atoms with Crippen LogP contribution in [0.4, 0.5) is 14.6 Å². The summed E-state index contributed by atoms with van der Waals surface area (Å²) in [6, 6.07) is 8.21. The largest absolute Gasteiger partial charge is 0.309 e. The molecule has 1 aliphatic heterocycles. The van der Waals surface area contributed by atoms with Crippen molar-refractivity contribution in [2.75, 3.05) is 11.9 Å². The number of nitrogens with zero attached hydrogens (tertiary/aromatic N) is 1. The van der Waals surface area contributed by atoms with Crippen LogP contribution in [-0.4, -0.2) is 29.4 Å². The molecule has 2 heterocycles. The fourth-order valence-corrected chi connectivity index (χ4v) is 2.76. The summed E-state index contributed by atoms with van der Waals surface area (Å²) in [5.41, 5.74) is 0.708. The SMILES string of the molecule is Cl.O=C(Nc1ccc2cccc(Br)c2n1)C1CC(F)(F)CN1. The van der Waals surface area contributed by atoms with E-state index in [0.29, 0.717) is 11.3 Å². The molecule has 1 amide bonds. The van der Waals surface area contributed by atoms with Crippen LogP contribution in [0.3, 0.4) is 0 Å². The van der Waals surface area contributed by atoms with Crippen LogP contribution in [0.1, 0.15) is 6.42 Å². The summed E-state index contributed by atoms with van der Waals surface area (Å²) >= 11 is 3.39. The standard InChI is InChI=1S/C14H12BrF2N3O.ClH/c15-9-3-1-2-8-4-5-11(19-12(8)9)20-13(21)10-6-14(16,17)7-18-10;/h1-5,10,18H,6-7H2,(H,19,20,21);1H. The van der Waals surface area contributed by atoms with Crippen LogP contribution >= 0.6 is 28.3 Å². The summed E-state index contributed by atoms with van der Waals surface area (Å²) in [5.74, 6) is -2.98. The number of hydrogen-bond donors (Lipinski definition) is 2. The predicted molar refractivity (Wildman–Crippen MR) is 86.7 cm³/mol. The van der Waals surface area contributed by atoms with Gasteiger partial charge < -0.3 is 5.32 Å². The molecule has 1 atom stereocenters. The van der Waals surface area contributed by atoms with Gasteiger partial charge in [0.05, 0.1) is 18.1 Å². The smallest absolute Gasteiger partial charge is 0.262 e. The van der Waals surface area contributed by atoms with Gasteiger partial charge in [0, 0.05) is 16.3 Å². The molecule has 1 aromatic carbocycles. The molecule has 4 nitrogen and oxygen atoms in total. The molecular formula is C14H13BrClF2N3O. The highest BCUT2D eigenvalue weighted by Gasteiger charge is 2.42. The molecule has 8 heteroatoms. The Morgan fingerprint density at radius 3 is 2.82 bits per heavy atom. The lowest BCUT2D eigenvalue weighted by molar-refractivity contribution is -0.118. The van der Waals surface area contributed by atoms with E-state index < -0.39 is 30.8 Å². The summed E-state index contributed by atoms with van der Waals surface area (Å²) in [6.07, 6.45) is -0.490. The summed E-state index contributed by atoms with van der Waals surface area (Å²) in [5, 5.41) is 6.01. The van der Waals surface area contributed by atoms with Crippen LogP contribution in [0.5, 0.6) is 0 Å². The highest BCUT2D eigenvalue weighted by molar-refractivity contribution is 9.10. The normalized spacial score (nSPS) is 19.7. The third-order valence-corrected chi connectivity index (χ3v) is 3.99. The van der Waals surface area contributed by atoms with E-state index in [0.717, 1.165) is 9.86 Å². The monoisotopic (exact) mass is 391 g/mol. The van der Waals surface area contributed by atoms with Gasteiger partial charge >= 0.3 is 0 Å². The zero-order chi connectivity index (χ0) is 15.0. The molecule has 0 saturated carbocycles. The van der Waals surface area contributed by atoms with E-state index in [2.05, 4.69) is 31.5 Å². The van der Waals surface area contributed by atoms with Crippen molar-refractivity contribution in [2.24, 2.45) is 0 Å². The maximum atomic E-state index is 13.1. The minimum atomic E-state index is -2.83. The number of aromatic nitrogens is 1. The van der Waals surface area contributed by atoms with Crippen molar-refractivity contribution in [3.8, 4) is 0 Å². The van der Waals surface area contributed by atoms with Crippen LogP contribution < -0.4 is 10.6 Å². The number of anilines is 1. The molecule has 22 heavy (non-hydrogen) atoms. The Balaban J connectivity index is 0.00000176. The number of halogens is 4. The van der Waals surface area contributed by atoms with Crippen molar-refractivity contribution in [3.63, 3.8) is 0 Å². The number of amides is 1. The summed E-state index contributed by atoms with van der Waals surface area (Å²) in [6.45, 7) is -0.470. The zero-order valence-corrected chi connectivity index (χ0v) is 13.7. The van der Waals surface area contributed by atoms with Crippen molar-refractivity contribution >= 4 is 51.0 Å². The van der Waals surface area contributed by atoms with Gasteiger partial charge in [-0.2, -0.15) is 0 Å². The fraction of sp³-hybridized carbons (Fsp3) is 0.286. The molecular weight excluding hydrogens is 380 g/mol. The van der Waals surface area contributed by atoms with Gasteiger partial charge in [0.1, 0.15) is 5.82 Å². The van der Waals surface area contributed by atoms with Gasteiger partial charge in [-0.3, -0.25) is 10.1 Å². The number of hydrogen-bond acceptors (Lipinski definition) is 3. The number of benzene rings is 1. The van der Waals surface area contributed by atoms with Gasteiger partial charge in [-0.05, 0) is 34.1 Å². The maximum Gasteiger partial charge on any atom is 0.262 e. The first-order chi connectivity index (χ1) is 9.94. The van der Waals surface area contributed by atoms with E-state index in [1.807, 2.05) is 24.3 Å². The first-order valence-electron chi connectivity index (χ1n) is 6.42. The van der Waals surface area contributed by atoms with Crippen LogP contribution in [0.2, 0.25) is 0 Å². The van der Waals surface area contributed by atoms with Crippen molar-refractivity contribution in [1.82, 2.24) is 10.3 Å². The Bertz CT molecular complexity index is 714. The van der Waals surface area contributed by atoms with E-state index in [9.17, 15) is 13.6 Å². The molecule has 118 valence electrons. The third kappa shape index (κ3) is 3.53. The van der Waals surface area contributed by atoms with Crippen LogP contribution in [0.25, 0.3) is 10.9 Å². The number of carbonyl (C=O) groups excluding carboxylic acids is 1. The molecule has 2 N–H and O–H groups in total. The highest BCUT2D eigenvalue weighted by Crippen LogP contribution is 2.26. The number of pyridine rings is 1. The van der Waals surface area contributed by atoms with Crippen molar-refractivity contribution in [1.29, 1.82) is 0 Å². The first-order valence-corrected chi connectivity index (χ1v) is 7.21. The number of alkyl halides is 2. The van der Waals surface area contributed by atoms with E-state index in [4.69, 9.17) is 0 Å². The van der Waals surface area contributed by atoms with Gasteiger partial charge in [-0.15, -0.1) is 12.4 Å². The molecule has 1 aromatic heterocycles. The topological polar surface area (TPSA) is 54.0 Å². The molecule has 0 aliphatic carbocycles. The Hall–Kier alpha value is -1.31. The minimum absolute atomic E-state index is 0. The number of carbonyl (C=O) groups is 1. The summed E-state index contributed by atoms with van der Waals surface area (Å²) in [4.78, 5) is 16.3. The second-order valence-corrected chi connectivity index (χ2v) is 5.85. The highest BCUT2D eigenvalue weighted by atomic mass is 79.9. The fourth-order valence-electron chi connectivity index (χ4n) is 2.29. The minimum Gasteiger partial charge on any atom is -0.309 e. The average Bonchev–Trinajstić information content (AvgIpc) is 2.80. The Kier molecular flexibility index (Phi) is 4.99. The first kappa shape index (κ1) is 17.1. The van der Waals surface area contributed by atoms with E-state index in [1.165, 1.54) is 0 Å². The lowest BCUT2D eigenvalue weighted by Gasteiger charge is -2.11. The third-order valence-electron chi connectivity index (χ3n) is 3.35. The molecule has 1 fully saturated rings. The molecule has 0 spiro atoms.